The van der Waals surface area contributed by atoms with Gasteiger partial charge in [-0.3, -0.25) is 9.59 Å². The number of nitrogens with zero attached hydrogens (tertiary/aromatic N) is 1. The highest BCUT2D eigenvalue weighted by molar-refractivity contribution is 7.98. The number of hydrogen-bond acceptors (Lipinski definition) is 3. The van der Waals surface area contributed by atoms with E-state index in [9.17, 15) is 9.59 Å². The van der Waals surface area contributed by atoms with Gasteiger partial charge >= 0.3 is 0 Å². The summed E-state index contributed by atoms with van der Waals surface area (Å²) in [5, 5.41) is 2.89. The summed E-state index contributed by atoms with van der Waals surface area (Å²) in [7, 11) is 0. The molecule has 2 amide bonds. The van der Waals surface area contributed by atoms with Crippen molar-refractivity contribution in [2.45, 2.75) is 52.6 Å². The van der Waals surface area contributed by atoms with E-state index in [-0.39, 0.29) is 35.7 Å². The van der Waals surface area contributed by atoms with Gasteiger partial charge in [-0.2, -0.15) is 11.8 Å². The van der Waals surface area contributed by atoms with Crippen LogP contribution in [0.1, 0.15) is 40.5 Å². The van der Waals surface area contributed by atoms with Gasteiger partial charge in [0.2, 0.25) is 11.8 Å². The summed E-state index contributed by atoms with van der Waals surface area (Å²) in [5.74, 6) is 1.47. The molecule has 0 aliphatic carbocycles. The third-order valence-corrected chi connectivity index (χ3v) is 4.44. The fourth-order valence-corrected chi connectivity index (χ4v) is 3.14. The van der Waals surface area contributed by atoms with Crippen LogP contribution in [0.25, 0.3) is 0 Å². The lowest BCUT2D eigenvalue weighted by Crippen LogP contribution is -2.66. The lowest BCUT2D eigenvalue weighted by atomic mass is 9.92. The molecule has 0 saturated carbocycles. The quantitative estimate of drug-likeness (QED) is 0.733. The average Bonchev–Trinajstić information content (AvgIpc) is 2.37. The zero-order chi connectivity index (χ0) is 15.3. The van der Waals surface area contributed by atoms with Crippen LogP contribution in [0.5, 0.6) is 0 Å². The number of hydrogen-bond donors (Lipinski definition) is 1. The molecule has 0 spiro atoms. The summed E-state index contributed by atoms with van der Waals surface area (Å²) in [6.45, 7) is 8.65. The fraction of sp³-hybridized carbons (Fsp3) is 0.867. The molecule has 2 unspecified atom stereocenters. The van der Waals surface area contributed by atoms with Crippen LogP contribution >= 0.6 is 11.8 Å². The first kappa shape index (κ1) is 17.3. The molecule has 0 aromatic heterocycles. The maximum Gasteiger partial charge on any atom is 0.246 e. The summed E-state index contributed by atoms with van der Waals surface area (Å²) in [5.41, 5.74) is 0. The Morgan fingerprint density at radius 2 is 1.80 bits per heavy atom. The van der Waals surface area contributed by atoms with Gasteiger partial charge in [0.1, 0.15) is 12.1 Å². The molecule has 1 aliphatic heterocycles. The van der Waals surface area contributed by atoms with Gasteiger partial charge in [-0.15, -0.1) is 0 Å². The number of carbonyl (C=O) groups excluding carboxylic acids is 2. The predicted molar refractivity (Wildman–Crippen MR) is 84.7 cm³/mol. The van der Waals surface area contributed by atoms with Crippen LogP contribution in [0, 0.1) is 11.8 Å². The van der Waals surface area contributed by atoms with Crippen LogP contribution in [-0.2, 0) is 9.59 Å². The average molecular weight is 300 g/mol. The minimum Gasteiger partial charge on any atom is -0.342 e. The van der Waals surface area contributed by atoms with Crippen LogP contribution in [0.4, 0.5) is 0 Å². The molecule has 1 heterocycles. The van der Waals surface area contributed by atoms with Crippen LogP contribution in [0.3, 0.4) is 0 Å². The summed E-state index contributed by atoms with van der Waals surface area (Å²) in [4.78, 5) is 26.7. The highest BCUT2D eigenvalue weighted by atomic mass is 32.2. The molecule has 20 heavy (non-hydrogen) atoms. The van der Waals surface area contributed by atoms with Gasteiger partial charge in [0.15, 0.2) is 0 Å². The third kappa shape index (κ3) is 4.14. The second-order valence-corrected chi connectivity index (χ2v) is 7.14. The topological polar surface area (TPSA) is 49.4 Å². The Hall–Kier alpha value is -0.710. The Morgan fingerprint density at radius 3 is 2.30 bits per heavy atom. The van der Waals surface area contributed by atoms with Crippen molar-refractivity contribution in [2.75, 3.05) is 18.6 Å². The molecular weight excluding hydrogens is 272 g/mol. The SMILES string of the molecule is CSCCCCN1C(=O)C(C(C)C)NC(=O)C1C(C)C. The molecule has 0 aromatic rings. The van der Waals surface area contributed by atoms with Crippen LogP contribution in [0.2, 0.25) is 0 Å². The molecular formula is C15H28N2O2S. The summed E-state index contributed by atoms with van der Waals surface area (Å²) in [6, 6.07) is -0.676. The molecule has 4 nitrogen and oxygen atoms in total. The molecule has 1 fully saturated rings. The van der Waals surface area contributed by atoms with Crippen molar-refractivity contribution in [1.82, 2.24) is 10.2 Å². The van der Waals surface area contributed by atoms with Gasteiger partial charge in [-0.05, 0) is 36.7 Å². The third-order valence-electron chi connectivity index (χ3n) is 3.75. The van der Waals surface area contributed by atoms with Crippen LogP contribution < -0.4 is 5.32 Å². The van der Waals surface area contributed by atoms with Gasteiger partial charge in [0, 0.05) is 6.54 Å². The van der Waals surface area contributed by atoms with E-state index >= 15 is 0 Å². The van der Waals surface area contributed by atoms with E-state index in [1.807, 2.05) is 44.4 Å². The first-order valence-electron chi connectivity index (χ1n) is 7.50. The molecule has 1 aliphatic rings. The maximum atomic E-state index is 12.6. The standard InChI is InChI=1S/C15H28N2O2S/c1-10(2)12-15(19)17(8-6-7-9-20-5)13(11(3)4)14(18)16-12/h10-13H,6-9H2,1-5H3,(H,16,18). The Bertz CT molecular complexity index is 345. The van der Waals surface area contributed by atoms with E-state index in [2.05, 4.69) is 11.6 Å². The second kappa shape index (κ2) is 7.91. The number of amides is 2. The first-order chi connectivity index (χ1) is 9.40. The van der Waals surface area contributed by atoms with E-state index in [4.69, 9.17) is 0 Å². The van der Waals surface area contributed by atoms with Crippen LogP contribution in [0.15, 0.2) is 0 Å². The Labute approximate surface area is 127 Å². The Kier molecular flexibility index (Phi) is 6.86. The molecule has 0 radical (unpaired) electrons. The number of unbranched alkanes of at least 4 members (excludes halogenated alkanes) is 1. The van der Waals surface area contributed by atoms with Crippen molar-refractivity contribution in [2.24, 2.45) is 11.8 Å². The summed E-state index contributed by atoms with van der Waals surface area (Å²) < 4.78 is 0. The highest BCUT2D eigenvalue weighted by Gasteiger charge is 2.42. The molecule has 0 bridgehead atoms. The van der Waals surface area contributed by atoms with E-state index in [1.165, 1.54) is 0 Å². The van der Waals surface area contributed by atoms with Gasteiger partial charge in [0.25, 0.3) is 0 Å². The van der Waals surface area contributed by atoms with Crippen LogP contribution in [-0.4, -0.2) is 47.4 Å². The summed E-state index contributed by atoms with van der Waals surface area (Å²) >= 11 is 1.82. The van der Waals surface area contributed by atoms with Crippen molar-refractivity contribution in [1.29, 1.82) is 0 Å². The molecule has 1 N–H and O–H groups in total. The lowest BCUT2D eigenvalue weighted by molar-refractivity contribution is -0.152. The van der Waals surface area contributed by atoms with Gasteiger partial charge in [-0.25, -0.2) is 0 Å². The van der Waals surface area contributed by atoms with Gasteiger partial charge < -0.3 is 10.2 Å². The van der Waals surface area contributed by atoms with E-state index in [0.29, 0.717) is 6.54 Å². The normalized spacial score (nSPS) is 23.6. The van der Waals surface area contributed by atoms with Crippen molar-refractivity contribution >= 4 is 23.6 Å². The highest BCUT2D eigenvalue weighted by Crippen LogP contribution is 2.21. The zero-order valence-electron chi connectivity index (χ0n) is 13.3. The molecule has 5 heteroatoms. The van der Waals surface area contributed by atoms with E-state index in [1.54, 1.807) is 0 Å². The number of nitrogens with one attached hydrogen (secondary N) is 1. The molecule has 1 saturated heterocycles. The van der Waals surface area contributed by atoms with Crippen molar-refractivity contribution in [3.63, 3.8) is 0 Å². The molecule has 1 rings (SSSR count). The maximum absolute atomic E-state index is 12.6. The minimum absolute atomic E-state index is 0.00293. The van der Waals surface area contributed by atoms with Gasteiger partial charge in [0.05, 0.1) is 0 Å². The van der Waals surface area contributed by atoms with E-state index in [0.717, 1.165) is 18.6 Å². The Morgan fingerprint density at radius 1 is 1.15 bits per heavy atom. The number of carbonyl (C=O) groups is 2. The zero-order valence-corrected chi connectivity index (χ0v) is 14.1. The first-order valence-corrected chi connectivity index (χ1v) is 8.89. The molecule has 2 atom stereocenters. The molecule has 116 valence electrons. The fourth-order valence-electron chi connectivity index (χ4n) is 2.65. The number of piperazine rings is 1. The largest absolute Gasteiger partial charge is 0.342 e. The number of thioether (sulfide) groups is 1. The lowest BCUT2D eigenvalue weighted by Gasteiger charge is -2.42. The molecule has 0 aromatic carbocycles. The van der Waals surface area contributed by atoms with E-state index < -0.39 is 0 Å². The van der Waals surface area contributed by atoms with Gasteiger partial charge in [-0.1, -0.05) is 27.7 Å². The minimum atomic E-state index is -0.363. The Balaban J connectivity index is 2.79. The van der Waals surface area contributed by atoms with Crippen molar-refractivity contribution < 1.29 is 9.59 Å². The monoisotopic (exact) mass is 300 g/mol. The van der Waals surface area contributed by atoms with Crippen molar-refractivity contribution in [3.05, 3.63) is 0 Å². The predicted octanol–water partition coefficient (Wildman–Crippen LogP) is 2.14. The van der Waals surface area contributed by atoms with Crippen molar-refractivity contribution in [3.8, 4) is 0 Å². The smallest absolute Gasteiger partial charge is 0.246 e. The number of rotatable bonds is 7. The summed E-state index contributed by atoms with van der Waals surface area (Å²) in [6.07, 6.45) is 4.14. The second-order valence-electron chi connectivity index (χ2n) is 6.15.